The predicted molar refractivity (Wildman–Crippen MR) is 122 cm³/mol. The van der Waals surface area contributed by atoms with Crippen LogP contribution in [-0.2, 0) is 17.8 Å². The van der Waals surface area contributed by atoms with Crippen LogP contribution >= 0.6 is 0 Å². The topological polar surface area (TPSA) is 82.5 Å². The molecule has 0 bridgehead atoms. The Morgan fingerprint density at radius 1 is 0.970 bits per heavy atom. The second-order valence-electron chi connectivity index (χ2n) is 8.04. The van der Waals surface area contributed by atoms with Gasteiger partial charge in [-0.2, -0.15) is 0 Å². The van der Waals surface area contributed by atoms with E-state index in [0.717, 1.165) is 22.3 Å². The fourth-order valence-corrected chi connectivity index (χ4v) is 4.13. The second-order valence-corrected chi connectivity index (χ2v) is 8.04. The van der Waals surface area contributed by atoms with Gasteiger partial charge >= 0.3 is 5.69 Å². The van der Waals surface area contributed by atoms with Crippen LogP contribution in [-0.4, -0.2) is 35.4 Å². The molecule has 0 spiro atoms. The van der Waals surface area contributed by atoms with E-state index in [-0.39, 0.29) is 18.7 Å². The summed E-state index contributed by atoms with van der Waals surface area (Å²) in [5.41, 5.74) is 6.37. The van der Waals surface area contributed by atoms with Crippen molar-refractivity contribution < 1.29 is 13.5 Å². The molecule has 4 rings (SSSR count). The van der Waals surface area contributed by atoms with Crippen LogP contribution in [0, 0.1) is 18.6 Å². The number of benzene rings is 2. The van der Waals surface area contributed by atoms with Gasteiger partial charge in [0.1, 0.15) is 17.3 Å². The highest BCUT2D eigenvalue weighted by atomic mass is 19.1. The molecule has 0 radical (unpaired) electrons. The standard InChI is InChI=1S/C24H26F2N4O3/c1-16-22(28-10-12-33-13-11-28)23(31)30(15-21(27)17-6-3-2-4-7-17)24(32)29(16)14-18-19(25)8-5-9-20(18)26/h2-9,21H,10-15,27H2,1H3/t21-/m0/s1. The zero-order valence-electron chi connectivity index (χ0n) is 18.3. The number of aromatic nitrogens is 2. The second kappa shape index (κ2) is 9.68. The summed E-state index contributed by atoms with van der Waals surface area (Å²) in [5, 5.41) is 0. The van der Waals surface area contributed by atoms with Crippen LogP contribution in [0.25, 0.3) is 0 Å². The molecule has 3 aromatic rings. The molecule has 1 saturated heterocycles. The van der Waals surface area contributed by atoms with Crippen LogP contribution in [0.2, 0.25) is 0 Å². The largest absolute Gasteiger partial charge is 0.378 e. The Hall–Kier alpha value is -3.30. The molecule has 1 aliphatic rings. The number of ether oxygens (including phenoxy) is 1. The predicted octanol–water partition coefficient (Wildman–Crippen LogP) is 2.18. The number of morpholine rings is 1. The van der Waals surface area contributed by atoms with Crippen LogP contribution in [0.5, 0.6) is 0 Å². The molecular formula is C24H26F2N4O3. The molecule has 0 unspecified atom stereocenters. The molecule has 1 fully saturated rings. The number of hydrogen-bond donors (Lipinski definition) is 1. The average Bonchev–Trinajstić information content (AvgIpc) is 2.82. The van der Waals surface area contributed by atoms with E-state index < -0.39 is 28.9 Å². The van der Waals surface area contributed by atoms with E-state index in [0.29, 0.717) is 37.7 Å². The van der Waals surface area contributed by atoms with Crippen LogP contribution in [0.15, 0.2) is 58.1 Å². The van der Waals surface area contributed by atoms with E-state index in [4.69, 9.17) is 10.5 Å². The Balaban J connectivity index is 1.85. The van der Waals surface area contributed by atoms with Gasteiger partial charge in [0, 0.05) is 30.4 Å². The van der Waals surface area contributed by atoms with Gasteiger partial charge in [-0.3, -0.25) is 13.9 Å². The van der Waals surface area contributed by atoms with E-state index in [2.05, 4.69) is 0 Å². The quantitative estimate of drug-likeness (QED) is 0.615. The summed E-state index contributed by atoms with van der Waals surface area (Å²) < 4.78 is 36.5. The summed E-state index contributed by atoms with van der Waals surface area (Å²) in [6.45, 7) is 3.00. The maximum Gasteiger partial charge on any atom is 0.331 e. The SMILES string of the molecule is Cc1c(N2CCOCC2)c(=O)n(C[C@H](N)c2ccccc2)c(=O)n1Cc1c(F)cccc1F. The monoisotopic (exact) mass is 456 g/mol. The molecule has 0 amide bonds. The van der Waals surface area contributed by atoms with Gasteiger partial charge in [-0.05, 0) is 24.6 Å². The van der Waals surface area contributed by atoms with Gasteiger partial charge in [-0.1, -0.05) is 36.4 Å². The maximum atomic E-state index is 14.4. The van der Waals surface area contributed by atoms with Crippen molar-refractivity contribution >= 4 is 5.69 Å². The van der Waals surface area contributed by atoms with Gasteiger partial charge in [0.05, 0.1) is 26.3 Å². The summed E-state index contributed by atoms with van der Waals surface area (Å²) >= 11 is 0. The molecule has 1 aliphatic heterocycles. The van der Waals surface area contributed by atoms with Crippen molar-refractivity contribution in [3.63, 3.8) is 0 Å². The highest BCUT2D eigenvalue weighted by Gasteiger charge is 2.25. The van der Waals surface area contributed by atoms with Crippen molar-refractivity contribution in [3.05, 3.63) is 97.8 Å². The Morgan fingerprint density at radius 3 is 2.24 bits per heavy atom. The Kier molecular flexibility index (Phi) is 6.71. The third-order valence-electron chi connectivity index (χ3n) is 5.97. The van der Waals surface area contributed by atoms with E-state index in [1.54, 1.807) is 6.92 Å². The van der Waals surface area contributed by atoms with Crippen molar-refractivity contribution in [2.75, 3.05) is 31.2 Å². The molecule has 2 heterocycles. The molecule has 33 heavy (non-hydrogen) atoms. The zero-order chi connectivity index (χ0) is 23.5. The summed E-state index contributed by atoms with van der Waals surface area (Å²) in [6, 6.07) is 12.1. The van der Waals surface area contributed by atoms with Crippen molar-refractivity contribution in [3.8, 4) is 0 Å². The minimum Gasteiger partial charge on any atom is -0.378 e. The number of anilines is 1. The molecule has 174 valence electrons. The summed E-state index contributed by atoms with van der Waals surface area (Å²) in [4.78, 5) is 28.7. The maximum absolute atomic E-state index is 14.4. The van der Waals surface area contributed by atoms with Gasteiger partial charge in [0.25, 0.3) is 5.56 Å². The number of hydrogen-bond acceptors (Lipinski definition) is 5. The third-order valence-corrected chi connectivity index (χ3v) is 5.97. The average molecular weight is 456 g/mol. The lowest BCUT2D eigenvalue weighted by molar-refractivity contribution is 0.122. The number of halogens is 2. The minimum absolute atomic E-state index is 0.0704. The van der Waals surface area contributed by atoms with Crippen molar-refractivity contribution in [2.45, 2.75) is 26.1 Å². The fourth-order valence-electron chi connectivity index (χ4n) is 4.13. The van der Waals surface area contributed by atoms with Crippen LogP contribution < -0.4 is 21.9 Å². The lowest BCUT2D eigenvalue weighted by Crippen LogP contribution is -2.48. The van der Waals surface area contributed by atoms with Gasteiger partial charge in [0.15, 0.2) is 0 Å². The molecule has 1 atom stereocenters. The molecule has 2 N–H and O–H groups in total. The smallest absolute Gasteiger partial charge is 0.331 e. The first kappa shape index (κ1) is 22.9. The number of rotatable bonds is 6. The molecule has 0 saturated carbocycles. The van der Waals surface area contributed by atoms with E-state index in [9.17, 15) is 18.4 Å². The van der Waals surface area contributed by atoms with Crippen LogP contribution in [0.1, 0.15) is 22.9 Å². The van der Waals surface area contributed by atoms with Crippen molar-refractivity contribution in [2.24, 2.45) is 5.73 Å². The zero-order valence-corrected chi connectivity index (χ0v) is 18.3. The fraction of sp³-hybridized carbons (Fsp3) is 0.333. The highest BCUT2D eigenvalue weighted by Crippen LogP contribution is 2.19. The Labute approximate surface area is 189 Å². The highest BCUT2D eigenvalue weighted by molar-refractivity contribution is 5.49. The van der Waals surface area contributed by atoms with E-state index in [1.165, 1.54) is 10.6 Å². The molecule has 0 aliphatic carbocycles. The summed E-state index contributed by atoms with van der Waals surface area (Å²) in [7, 11) is 0. The molecule has 1 aromatic heterocycles. The van der Waals surface area contributed by atoms with E-state index >= 15 is 0 Å². The van der Waals surface area contributed by atoms with Gasteiger partial charge in [-0.25, -0.2) is 13.6 Å². The van der Waals surface area contributed by atoms with Crippen molar-refractivity contribution in [1.82, 2.24) is 9.13 Å². The van der Waals surface area contributed by atoms with Crippen molar-refractivity contribution in [1.29, 1.82) is 0 Å². The van der Waals surface area contributed by atoms with Gasteiger partial charge < -0.3 is 15.4 Å². The van der Waals surface area contributed by atoms with Gasteiger partial charge in [0.2, 0.25) is 0 Å². The normalized spacial score (nSPS) is 15.0. The molecule has 9 heteroatoms. The lowest BCUT2D eigenvalue weighted by Gasteiger charge is -2.31. The summed E-state index contributed by atoms with van der Waals surface area (Å²) in [5.74, 6) is -1.51. The van der Waals surface area contributed by atoms with Gasteiger partial charge in [-0.15, -0.1) is 0 Å². The lowest BCUT2D eigenvalue weighted by atomic mass is 10.1. The first-order valence-electron chi connectivity index (χ1n) is 10.8. The number of nitrogens with two attached hydrogens (primary N) is 1. The van der Waals surface area contributed by atoms with E-state index in [1.807, 2.05) is 35.2 Å². The first-order valence-corrected chi connectivity index (χ1v) is 10.8. The summed E-state index contributed by atoms with van der Waals surface area (Å²) in [6.07, 6.45) is 0. The third kappa shape index (κ3) is 4.60. The molecule has 7 nitrogen and oxygen atoms in total. The molecular weight excluding hydrogens is 430 g/mol. The Morgan fingerprint density at radius 2 is 1.61 bits per heavy atom. The minimum atomic E-state index is -0.757. The van der Waals surface area contributed by atoms with Crippen LogP contribution in [0.4, 0.5) is 14.5 Å². The molecule has 2 aromatic carbocycles. The van der Waals surface area contributed by atoms with Crippen LogP contribution in [0.3, 0.4) is 0 Å². The first-order chi connectivity index (χ1) is 15.9. The Bertz CT molecular complexity index is 1230. The number of nitrogens with zero attached hydrogens (tertiary/aromatic N) is 3.